The lowest BCUT2D eigenvalue weighted by molar-refractivity contribution is 0.0783. The van der Waals surface area contributed by atoms with E-state index in [1.165, 1.54) is 23.5 Å². The first kappa shape index (κ1) is 17.9. The first-order valence-electron chi connectivity index (χ1n) is 7.99. The van der Waals surface area contributed by atoms with Gasteiger partial charge in [-0.2, -0.15) is 0 Å². The molecule has 1 amide bonds. The summed E-state index contributed by atoms with van der Waals surface area (Å²) in [5.74, 6) is 0.151. The third-order valence-corrected chi connectivity index (χ3v) is 4.44. The number of aromatic nitrogens is 3. The van der Waals surface area contributed by atoms with Crippen LogP contribution in [0, 0.1) is 5.82 Å². The van der Waals surface area contributed by atoms with Crippen molar-refractivity contribution >= 4 is 17.2 Å². The number of amides is 1. The highest BCUT2D eigenvalue weighted by Crippen LogP contribution is 2.21. The number of halogens is 1. The fourth-order valence-corrected chi connectivity index (χ4v) is 2.97. The highest BCUT2D eigenvalue weighted by atomic mass is 32.1. The number of carbonyl (C=O) groups excluding carboxylic acids is 1. The van der Waals surface area contributed by atoms with Crippen LogP contribution in [0.4, 0.5) is 4.39 Å². The molecule has 0 saturated carbocycles. The Balaban J connectivity index is 1.48. The van der Waals surface area contributed by atoms with E-state index in [1.807, 2.05) is 0 Å². The second-order valence-corrected chi connectivity index (χ2v) is 6.37. The summed E-state index contributed by atoms with van der Waals surface area (Å²) in [4.78, 5) is 26.6. The molecule has 8 heteroatoms. The molecule has 26 heavy (non-hydrogen) atoms. The van der Waals surface area contributed by atoms with Crippen LogP contribution in [0.25, 0.3) is 10.7 Å². The number of benzene rings is 1. The van der Waals surface area contributed by atoms with Crippen molar-refractivity contribution in [1.29, 1.82) is 0 Å². The predicted molar refractivity (Wildman–Crippen MR) is 96.6 cm³/mol. The van der Waals surface area contributed by atoms with Gasteiger partial charge in [0.15, 0.2) is 0 Å². The van der Waals surface area contributed by atoms with Crippen molar-refractivity contribution in [2.75, 3.05) is 20.2 Å². The normalized spacial score (nSPS) is 10.5. The number of rotatable bonds is 7. The molecule has 0 spiro atoms. The number of hydrogen-bond donors (Lipinski definition) is 0. The number of carbonyl (C=O) groups is 1. The van der Waals surface area contributed by atoms with Crippen LogP contribution in [0.15, 0.2) is 48.2 Å². The fraction of sp³-hybridized carbons (Fsp3) is 0.222. The molecule has 2 heterocycles. The second-order valence-electron chi connectivity index (χ2n) is 5.51. The molecule has 6 nitrogen and oxygen atoms in total. The predicted octanol–water partition coefficient (Wildman–Crippen LogP) is 3.28. The van der Waals surface area contributed by atoms with Crippen LogP contribution < -0.4 is 4.74 Å². The SMILES string of the molecule is CN(CCCOc1ccc(F)cc1)C(=O)c1csc(-c2cnccn2)n1. The molecule has 2 aromatic heterocycles. The third kappa shape index (κ3) is 4.60. The van der Waals surface area contributed by atoms with E-state index in [1.54, 1.807) is 48.1 Å². The lowest BCUT2D eigenvalue weighted by Crippen LogP contribution is -2.28. The van der Waals surface area contributed by atoms with Crippen LogP contribution >= 0.6 is 11.3 Å². The van der Waals surface area contributed by atoms with Crippen LogP contribution in [-0.2, 0) is 0 Å². The van der Waals surface area contributed by atoms with Crippen molar-refractivity contribution in [3.05, 3.63) is 59.7 Å². The van der Waals surface area contributed by atoms with Gasteiger partial charge < -0.3 is 9.64 Å². The molecule has 0 fully saturated rings. The van der Waals surface area contributed by atoms with Crippen LogP contribution in [0.5, 0.6) is 5.75 Å². The summed E-state index contributed by atoms with van der Waals surface area (Å²) in [6.07, 6.45) is 5.45. The zero-order valence-corrected chi connectivity index (χ0v) is 14.9. The molecule has 0 aliphatic heterocycles. The molecule has 3 rings (SSSR count). The summed E-state index contributed by atoms with van der Waals surface area (Å²) in [6, 6.07) is 5.85. The van der Waals surface area contributed by atoms with Crippen LogP contribution in [0.3, 0.4) is 0 Å². The molecule has 1 aromatic carbocycles. The lowest BCUT2D eigenvalue weighted by atomic mass is 10.3. The Morgan fingerprint density at radius 1 is 1.27 bits per heavy atom. The molecule has 0 saturated heterocycles. The summed E-state index contributed by atoms with van der Waals surface area (Å²) >= 11 is 1.36. The Kier molecular flexibility index (Phi) is 5.85. The van der Waals surface area contributed by atoms with Gasteiger partial charge in [0.05, 0.1) is 12.8 Å². The fourth-order valence-electron chi connectivity index (χ4n) is 2.22. The minimum absolute atomic E-state index is 0.154. The highest BCUT2D eigenvalue weighted by Gasteiger charge is 2.16. The van der Waals surface area contributed by atoms with Gasteiger partial charge in [-0.3, -0.25) is 14.8 Å². The smallest absolute Gasteiger partial charge is 0.273 e. The van der Waals surface area contributed by atoms with E-state index in [2.05, 4.69) is 15.0 Å². The van der Waals surface area contributed by atoms with Gasteiger partial charge in [-0.25, -0.2) is 9.37 Å². The van der Waals surface area contributed by atoms with Crippen molar-refractivity contribution in [3.8, 4) is 16.5 Å². The quantitative estimate of drug-likeness (QED) is 0.596. The molecule has 0 N–H and O–H groups in total. The summed E-state index contributed by atoms with van der Waals surface area (Å²) in [5, 5.41) is 2.38. The van der Waals surface area contributed by atoms with E-state index in [9.17, 15) is 9.18 Å². The van der Waals surface area contributed by atoms with E-state index in [-0.39, 0.29) is 11.7 Å². The molecular weight excluding hydrogens is 355 g/mol. The zero-order valence-electron chi connectivity index (χ0n) is 14.1. The first-order chi connectivity index (χ1) is 12.6. The van der Waals surface area contributed by atoms with Gasteiger partial charge in [-0.05, 0) is 30.7 Å². The van der Waals surface area contributed by atoms with Crippen LogP contribution in [0.1, 0.15) is 16.9 Å². The first-order valence-corrected chi connectivity index (χ1v) is 8.87. The van der Waals surface area contributed by atoms with Crippen molar-refractivity contribution < 1.29 is 13.9 Å². The van der Waals surface area contributed by atoms with Crippen molar-refractivity contribution in [2.45, 2.75) is 6.42 Å². The van der Waals surface area contributed by atoms with Crippen LogP contribution in [-0.4, -0.2) is 46.0 Å². The lowest BCUT2D eigenvalue weighted by Gasteiger charge is -2.16. The average Bonchev–Trinajstić information content (AvgIpc) is 3.17. The topological polar surface area (TPSA) is 68.2 Å². The Bertz CT molecular complexity index is 855. The average molecular weight is 372 g/mol. The van der Waals surface area contributed by atoms with E-state index in [0.29, 0.717) is 41.7 Å². The minimum atomic E-state index is -0.299. The monoisotopic (exact) mass is 372 g/mol. The molecule has 0 aliphatic rings. The molecule has 0 radical (unpaired) electrons. The largest absolute Gasteiger partial charge is 0.494 e. The van der Waals surface area contributed by atoms with Crippen molar-refractivity contribution in [2.24, 2.45) is 0 Å². The van der Waals surface area contributed by atoms with Gasteiger partial charge in [-0.15, -0.1) is 11.3 Å². The maximum absolute atomic E-state index is 12.8. The Labute approximate surface area is 154 Å². The van der Waals surface area contributed by atoms with Crippen LogP contribution in [0.2, 0.25) is 0 Å². The number of nitrogens with zero attached hydrogens (tertiary/aromatic N) is 4. The van der Waals surface area contributed by atoms with E-state index in [0.717, 1.165) is 0 Å². The summed E-state index contributed by atoms with van der Waals surface area (Å²) < 4.78 is 18.4. The third-order valence-electron chi connectivity index (χ3n) is 3.57. The van der Waals surface area contributed by atoms with Gasteiger partial charge in [0.25, 0.3) is 5.91 Å². The van der Waals surface area contributed by atoms with Gasteiger partial charge in [0, 0.05) is 31.4 Å². The molecular formula is C18H17FN4O2S. The van der Waals surface area contributed by atoms with E-state index in [4.69, 9.17) is 4.74 Å². The van der Waals surface area contributed by atoms with Gasteiger partial charge in [-0.1, -0.05) is 0 Å². The van der Waals surface area contributed by atoms with Gasteiger partial charge >= 0.3 is 0 Å². The number of hydrogen-bond acceptors (Lipinski definition) is 6. The Hall–Kier alpha value is -2.87. The van der Waals surface area contributed by atoms with Gasteiger partial charge in [0.1, 0.15) is 28.0 Å². The molecule has 0 atom stereocenters. The molecule has 0 bridgehead atoms. The summed E-state index contributed by atoms with van der Waals surface area (Å²) in [7, 11) is 1.72. The van der Waals surface area contributed by atoms with E-state index < -0.39 is 0 Å². The van der Waals surface area contributed by atoms with Crippen molar-refractivity contribution in [3.63, 3.8) is 0 Å². The standard InChI is InChI=1S/C18H17FN4O2S/c1-23(9-2-10-25-14-5-3-13(19)4-6-14)18(24)16-12-26-17(22-16)15-11-20-7-8-21-15/h3-8,11-12H,2,9-10H2,1H3. The van der Waals surface area contributed by atoms with E-state index >= 15 is 0 Å². The van der Waals surface area contributed by atoms with Gasteiger partial charge in [0.2, 0.25) is 0 Å². The number of thiazole rings is 1. The highest BCUT2D eigenvalue weighted by molar-refractivity contribution is 7.13. The summed E-state index contributed by atoms with van der Waals surface area (Å²) in [5.41, 5.74) is 1.03. The number of ether oxygens (including phenoxy) is 1. The molecule has 3 aromatic rings. The maximum Gasteiger partial charge on any atom is 0.273 e. The maximum atomic E-state index is 12.8. The van der Waals surface area contributed by atoms with Crippen molar-refractivity contribution in [1.82, 2.24) is 19.9 Å². The Morgan fingerprint density at radius 2 is 2.08 bits per heavy atom. The Morgan fingerprint density at radius 3 is 2.81 bits per heavy atom. The molecule has 134 valence electrons. The summed E-state index contributed by atoms with van der Waals surface area (Å²) in [6.45, 7) is 0.962. The zero-order chi connectivity index (χ0) is 18.4. The molecule has 0 aliphatic carbocycles. The second kappa shape index (κ2) is 8.48. The molecule has 0 unspecified atom stereocenters. The minimum Gasteiger partial charge on any atom is -0.494 e.